The van der Waals surface area contributed by atoms with Crippen LogP contribution in [0.5, 0.6) is 0 Å². The zero-order chi connectivity index (χ0) is 34.2. The van der Waals surface area contributed by atoms with E-state index in [1.54, 1.807) is 30.3 Å². The van der Waals surface area contributed by atoms with Gasteiger partial charge in [0.25, 0.3) is 11.8 Å². The number of aliphatic hydroxyl groups excluding tert-OH is 1. The number of nitrogens with zero attached hydrogens (tertiary/aromatic N) is 2. The zero-order valence-electron chi connectivity index (χ0n) is 26.9. The molecule has 2 saturated heterocycles. The second kappa shape index (κ2) is 11.6. The van der Waals surface area contributed by atoms with E-state index in [-0.39, 0.29) is 31.3 Å². The predicted molar refractivity (Wildman–Crippen MR) is 182 cm³/mol. The Morgan fingerprint density at radius 3 is 2.35 bits per heavy atom. The molecule has 1 saturated carbocycles. The number of aliphatic hydroxyl groups is 1. The Hall–Kier alpha value is -4.99. The fourth-order valence-corrected chi connectivity index (χ4v) is 8.84. The van der Waals surface area contributed by atoms with E-state index in [1.165, 1.54) is 4.90 Å². The van der Waals surface area contributed by atoms with E-state index in [9.17, 15) is 19.5 Å². The van der Waals surface area contributed by atoms with Gasteiger partial charge >= 0.3 is 0 Å². The summed E-state index contributed by atoms with van der Waals surface area (Å²) in [4.78, 5) is 59.4. The number of nitrogens with one attached hydrogen (secondary N) is 1. The molecule has 3 aromatic carbocycles. The van der Waals surface area contributed by atoms with Crippen LogP contribution < -0.4 is 10.3 Å². The van der Waals surface area contributed by atoms with Crippen LogP contribution in [0.3, 0.4) is 0 Å². The number of anilines is 2. The van der Waals surface area contributed by atoms with Gasteiger partial charge in [0, 0.05) is 5.02 Å². The van der Waals surface area contributed by atoms with Gasteiger partial charge in [-0.2, -0.15) is 5.01 Å². The molecule has 0 radical (unpaired) electrons. The van der Waals surface area contributed by atoms with Crippen LogP contribution in [0.4, 0.5) is 11.4 Å². The Morgan fingerprint density at radius 2 is 1.65 bits per heavy atom. The Labute approximate surface area is 288 Å². The average molecular weight is 676 g/mol. The molecule has 4 aliphatic rings. The predicted octanol–water partition coefficient (Wildman–Crippen LogP) is 6.23. The largest absolute Gasteiger partial charge is 0.463 e. The summed E-state index contributed by atoms with van der Waals surface area (Å²) >= 11 is 6.43. The van der Waals surface area contributed by atoms with E-state index in [0.29, 0.717) is 33.5 Å². The number of hydrazine groups is 1. The quantitative estimate of drug-likeness (QED) is 0.184. The molecule has 10 heteroatoms. The average Bonchev–Trinajstić information content (AvgIpc) is 3.75. The van der Waals surface area contributed by atoms with Crippen molar-refractivity contribution in [3.05, 3.63) is 130 Å². The number of hydrogen-bond donors (Lipinski definition) is 2. The van der Waals surface area contributed by atoms with Crippen LogP contribution in [0, 0.1) is 37.5 Å². The first kappa shape index (κ1) is 31.3. The highest BCUT2D eigenvalue weighted by Crippen LogP contribution is 2.64. The third-order valence-electron chi connectivity index (χ3n) is 10.9. The molecule has 2 aliphatic heterocycles. The lowest BCUT2D eigenvalue weighted by Crippen LogP contribution is -2.53. The second-order valence-corrected chi connectivity index (χ2v) is 13.9. The van der Waals surface area contributed by atoms with E-state index in [1.807, 2.05) is 74.5 Å². The Kier molecular flexibility index (Phi) is 7.39. The summed E-state index contributed by atoms with van der Waals surface area (Å²) in [6, 6.07) is 25.2. The van der Waals surface area contributed by atoms with E-state index in [2.05, 4.69) is 5.43 Å². The lowest BCUT2D eigenvalue weighted by atomic mass is 9.50. The van der Waals surface area contributed by atoms with Crippen LogP contribution in [0.1, 0.15) is 47.0 Å². The highest BCUT2D eigenvalue weighted by atomic mass is 35.5. The molecule has 0 bridgehead atoms. The minimum atomic E-state index is -1.44. The van der Waals surface area contributed by atoms with Gasteiger partial charge in [-0.3, -0.25) is 24.6 Å². The van der Waals surface area contributed by atoms with Gasteiger partial charge in [0.2, 0.25) is 11.8 Å². The fraction of sp³-hybridized carbons (Fsp3) is 0.282. The van der Waals surface area contributed by atoms with E-state index >= 15 is 4.79 Å². The molecule has 4 amide bonds. The first-order valence-corrected chi connectivity index (χ1v) is 16.8. The van der Waals surface area contributed by atoms with Crippen LogP contribution in [0.25, 0.3) is 0 Å². The van der Waals surface area contributed by atoms with Crippen LogP contribution in [-0.2, 0) is 31.2 Å². The summed E-state index contributed by atoms with van der Waals surface area (Å²) in [5, 5.41) is 11.6. The van der Waals surface area contributed by atoms with Crippen molar-refractivity contribution >= 4 is 46.6 Å². The molecule has 6 unspecified atom stereocenters. The molecule has 2 N–H and O–H groups in total. The molecule has 248 valence electrons. The Bertz CT molecular complexity index is 2060. The number of aryl methyl sites for hydroxylation is 2. The highest BCUT2D eigenvalue weighted by molar-refractivity contribution is 6.32. The number of fused-ring (bicyclic) bond motifs is 4. The van der Waals surface area contributed by atoms with Gasteiger partial charge in [0.15, 0.2) is 0 Å². The van der Waals surface area contributed by atoms with Crippen LogP contribution in [-0.4, -0.2) is 33.7 Å². The lowest BCUT2D eigenvalue weighted by molar-refractivity contribution is -0.138. The molecule has 2 aliphatic carbocycles. The SMILES string of the molecule is Cc1ccc(NN2C(=O)C3CC4C(=CCC5C(=O)N(c6ccc(C)c(Cl)c6)C(=O)C54)C(c4ccc(CO)o4)C3(c3ccccc3)C2=O)cc1. The molecule has 49 heavy (non-hydrogen) atoms. The summed E-state index contributed by atoms with van der Waals surface area (Å²) in [5.74, 6) is -4.42. The lowest BCUT2D eigenvalue weighted by Gasteiger charge is -2.49. The first-order chi connectivity index (χ1) is 23.6. The maximum Gasteiger partial charge on any atom is 0.260 e. The molecule has 0 spiro atoms. The van der Waals surface area contributed by atoms with Gasteiger partial charge in [-0.25, -0.2) is 4.90 Å². The van der Waals surface area contributed by atoms with E-state index < -0.39 is 46.8 Å². The topological polar surface area (TPSA) is 120 Å². The number of benzene rings is 3. The van der Waals surface area contributed by atoms with Crippen LogP contribution in [0.15, 0.2) is 101 Å². The molecule has 8 rings (SSSR count). The molecule has 3 fully saturated rings. The molecular weight excluding hydrogens is 642 g/mol. The van der Waals surface area contributed by atoms with Crippen molar-refractivity contribution < 1.29 is 28.7 Å². The molecule has 9 nitrogen and oxygen atoms in total. The fourth-order valence-electron chi connectivity index (χ4n) is 8.67. The molecule has 4 aromatic rings. The van der Waals surface area contributed by atoms with Crippen molar-refractivity contribution in [3.63, 3.8) is 0 Å². The smallest absolute Gasteiger partial charge is 0.260 e. The molecule has 6 atom stereocenters. The first-order valence-electron chi connectivity index (χ1n) is 16.5. The third-order valence-corrected chi connectivity index (χ3v) is 11.3. The Morgan fingerprint density at radius 1 is 0.898 bits per heavy atom. The Balaban J connectivity index is 1.30. The van der Waals surface area contributed by atoms with Crippen LogP contribution in [0.2, 0.25) is 5.02 Å². The standard InChI is InChI=1S/C39H34ClN3O6/c1-21-8-11-24(12-9-21)41-43-36(46)30-19-29-27(15-16-28-33(29)37(47)42(35(28)45)25-13-10-22(2)31(40)18-25)34(32-17-14-26(20-44)49-32)39(30,38(43)48)23-6-4-3-5-7-23/h3-15,17-18,28-30,33-34,41,44H,16,19-20H2,1-2H3. The van der Waals surface area contributed by atoms with Gasteiger partial charge in [-0.1, -0.05) is 77.3 Å². The number of carbonyl (C=O) groups excluding carboxylic acids is 4. The van der Waals surface area contributed by atoms with Gasteiger partial charge < -0.3 is 9.52 Å². The van der Waals surface area contributed by atoms with Crippen molar-refractivity contribution in [3.8, 4) is 0 Å². The summed E-state index contributed by atoms with van der Waals surface area (Å²) in [6.07, 6.45) is 2.43. The van der Waals surface area contributed by atoms with Gasteiger partial charge in [-0.05, 0) is 80.1 Å². The number of amides is 4. The summed E-state index contributed by atoms with van der Waals surface area (Å²) in [5.41, 5.74) is 5.92. The molecule has 1 aromatic heterocycles. The number of allylic oxidation sites excluding steroid dienone is 2. The van der Waals surface area contributed by atoms with Gasteiger partial charge in [0.05, 0.1) is 35.0 Å². The third kappa shape index (κ3) is 4.56. The summed E-state index contributed by atoms with van der Waals surface area (Å²) in [7, 11) is 0. The summed E-state index contributed by atoms with van der Waals surface area (Å²) in [6.45, 7) is 3.46. The van der Waals surface area contributed by atoms with Crippen molar-refractivity contribution in [1.82, 2.24) is 5.01 Å². The number of furan rings is 1. The van der Waals surface area contributed by atoms with Crippen LogP contribution >= 0.6 is 11.6 Å². The summed E-state index contributed by atoms with van der Waals surface area (Å²) < 4.78 is 6.23. The number of carbonyl (C=O) groups is 4. The maximum atomic E-state index is 15.1. The van der Waals surface area contributed by atoms with Gasteiger partial charge in [-0.15, -0.1) is 0 Å². The zero-order valence-corrected chi connectivity index (χ0v) is 27.7. The van der Waals surface area contributed by atoms with Crippen molar-refractivity contribution in [2.75, 3.05) is 10.3 Å². The number of hydrogen-bond acceptors (Lipinski definition) is 7. The van der Waals surface area contributed by atoms with Crippen molar-refractivity contribution in [2.24, 2.45) is 23.7 Å². The number of rotatable bonds is 6. The van der Waals surface area contributed by atoms with E-state index in [4.69, 9.17) is 16.0 Å². The van der Waals surface area contributed by atoms with Gasteiger partial charge in [0.1, 0.15) is 23.5 Å². The van der Waals surface area contributed by atoms with E-state index in [0.717, 1.165) is 21.7 Å². The van der Waals surface area contributed by atoms with Crippen molar-refractivity contribution in [1.29, 1.82) is 0 Å². The molecule has 3 heterocycles. The normalized spacial score (nSPS) is 27.6. The van der Waals surface area contributed by atoms with Crippen molar-refractivity contribution in [2.45, 2.75) is 44.6 Å². The highest BCUT2D eigenvalue weighted by Gasteiger charge is 2.71. The second-order valence-electron chi connectivity index (χ2n) is 13.5. The monoisotopic (exact) mass is 675 g/mol. The number of imide groups is 2. The minimum Gasteiger partial charge on any atom is -0.463 e. The maximum absolute atomic E-state index is 15.1. The minimum absolute atomic E-state index is 0.171. The molecular formula is C39H34ClN3O6. The number of halogens is 1.